The molecule has 8 nitrogen and oxygen atoms in total. The zero-order valence-electron chi connectivity index (χ0n) is 14.9. The number of hydrogen-bond acceptors (Lipinski definition) is 7. The molecule has 26 heavy (non-hydrogen) atoms. The Hall–Kier alpha value is -2.16. The van der Waals surface area contributed by atoms with Crippen molar-refractivity contribution < 1.29 is 23.9 Å². The van der Waals surface area contributed by atoms with Gasteiger partial charge in [0.2, 0.25) is 11.7 Å². The number of thioether (sulfide) groups is 1. The molecule has 0 unspecified atom stereocenters. The fourth-order valence-electron chi connectivity index (χ4n) is 2.78. The van der Waals surface area contributed by atoms with Crippen LogP contribution in [0.5, 0.6) is 0 Å². The van der Waals surface area contributed by atoms with Crippen LogP contribution in [0, 0.1) is 5.92 Å². The molecule has 1 aliphatic carbocycles. The predicted molar refractivity (Wildman–Crippen MR) is 94.9 cm³/mol. The summed E-state index contributed by atoms with van der Waals surface area (Å²) in [4.78, 5) is 35.7. The summed E-state index contributed by atoms with van der Waals surface area (Å²) < 4.78 is 5.23. The van der Waals surface area contributed by atoms with E-state index in [0.717, 1.165) is 49.4 Å². The molecule has 0 spiro atoms. The molecule has 1 heterocycles. The van der Waals surface area contributed by atoms with E-state index in [4.69, 9.17) is 9.52 Å². The normalized spacial score (nSPS) is 15.9. The number of hydrogen-bond donors (Lipinski definition) is 2. The number of rotatable bonds is 8. The van der Waals surface area contributed by atoms with Crippen molar-refractivity contribution in [3.8, 4) is 0 Å². The zero-order chi connectivity index (χ0) is 19.1. The molecule has 1 saturated carbocycles. The van der Waals surface area contributed by atoms with Gasteiger partial charge in [0.25, 0.3) is 11.1 Å². The Morgan fingerprint density at radius 2 is 1.96 bits per heavy atom. The van der Waals surface area contributed by atoms with Crippen molar-refractivity contribution in [1.29, 1.82) is 0 Å². The summed E-state index contributed by atoms with van der Waals surface area (Å²) in [7, 11) is 0. The second-order valence-corrected chi connectivity index (χ2v) is 7.41. The summed E-state index contributed by atoms with van der Waals surface area (Å²) >= 11 is 0.834. The Morgan fingerprint density at radius 3 is 2.58 bits per heavy atom. The lowest BCUT2D eigenvalue weighted by Gasteiger charge is -2.22. The summed E-state index contributed by atoms with van der Waals surface area (Å²) in [5, 5.41) is 18.8. The summed E-state index contributed by atoms with van der Waals surface area (Å²) in [6.45, 7) is 3.66. The number of aliphatic carboxylic acids is 1. The number of carbonyl (C=O) groups excluding carboxylic acids is 2. The lowest BCUT2D eigenvalue weighted by molar-refractivity contribution is -0.134. The number of carboxylic acid groups (broad SMARTS) is 1. The van der Waals surface area contributed by atoms with Gasteiger partial charge in [-0.1, -0.05) is 42.7 Å². The Bertz CT molecular complexity index is 690. The number of aromatic nitrogens is 2. The van der Waals surface area contributed by atoms with Crippen molar-refractivity contribution in [3.05, 3.63) is 17.5 Å². The molecule has 0 saturated heterocycles. The van der Waals surface area contributed by atoms with E-state index in [-0.39, 0.29) is 28.7 Å². The third-order valence-corrected chi connectivity index (χ3v) is 4.80. The Labute approximate surface area is 155 Å². The van der Waals surface area contributed by atoms with Crippen molar-refractivity contribution in [2.24, 2.45) is 5.92 Å². The number of Topliss-reactive ketones (excluding diaryl/α,β-unsaturated/α-hetero) is 1. The van der Waals surface area contributed by atoms with E-state index in [1.807, 2.05) is 13.8 Å². The van der Waals surface area contributed by atoms with Crippen molar-refractivity contribution in [2.75, 3.05) is 5.75 Å². The van der Waals surface area contributed by atoms with Gasteiger partial charge in [-0.05, 0) is 26.7 Å². The third kappa shape index (κ3) is 5.98. The maximum absolute atomic E-state index is 12.7. The maximum atomic E-state index is 12.7. The third-order valence-electron chi connectivity index (χ3n) is 3.99. The summed E-state index contributed by atoms with van der Waals surface area (Å²) in [6, 6.07) is -0.882. The predicted octanol–water partition coefficient (Wildman–Crippen LogP) is 2.46. The van der Waals surface area contributed by atoms with Crippen molar-refractivity contribution >= 4 is 29.4 Å². The highest BCUT2D eigenvalue weighted by molar-refractivity contribution is 7.99. The average Bonchev–Trinajstić information content (AvgIpc) is 3.08. The second kappa shape index (κ2) is 9.51. The van der Waals surface area contributed by atoms with Gasteiger partial charge < -0.3 is 14.8 Å². The molecule has 2 rings (SSSR count). The van der Waals surface area contributed by atoms with Crippen LogP contribution in [0.15, 0.2) is 21.3 Å². The summed E-state index contributed by atoms with van der Waals surface area (Å²) in [5.74, 6) is -2.24. The van der Waals surface area contributed by atoms with Gasteiger partial charge in [0.05, 0.1) is 0 Å². The molecular weight excluding hydrogens is 358 g/mol. The molecule has 2 N–H and O–H groups in total. The number of carbonyl (C=O) groups is 3. The lowest BCUT2D eigenvalue weighted by atomic mass is 9.88. The second-order valence-electron chi connectivity index (χ2n) is 6.48. The van der Waals surface area contributed by atoms with E-state index >= 15 is 0 Å². The fraction of sp³-hybridized carbons (Fsp3) is 0.588. The molecule has 1 atom stereocenters. The van der Waals surface area contributed by atoms with Crippen LogP contribution < -0.4 is 5.32 Å². The van der Waals surface area contributed by atoms with Crippen LogP contribution in [0.25, 0.3) is 0 Å². The van der Waals surface area contributed by atoms with Crippen LogP contribution >= 0.6 is 11.8 Å². The fourth-order valence-corrected chi connectivity index (χ4v) is 3.26. The monoisotopic (exact) mass is 381 g/mol. The van der Waals surface area contributed by atoms with Gasteiger partial charge in [0.1, 0.15) is 11.8 Å². The van der Waals surface area contributed by atoms with Gasteiger partial charge >= 0.3 is 5.97 Å². The van der Waals surface area contributed by atoms with Crippen LogP contribution in [-0.2, 0) is 9.59 Å². The highest BCUT2D eigenvalue weighted by atomic mass is 32.2. The number of nitrogens with zero attached hydrogens (tertiary/aromatic N) is 2. The van der Waals surface area contributed by atoms with Crippen LogP contribution in [0.1, 0.15) is 56.6 Å². The SMILES string of the molecule is CC(C)=C[C@H](NC(=O)C1CCCCC1)C(=O)c1nnc(SCC(=O)O)o1. The van der Waals surface area contributed by atoms with Crippen LogP contribution in [0.3, 0.4) is 0 Å². The van der Waals surface area contributed by atoms with Crippen molar-refractivity contribution in [3.63, 3.8) is 0 Å². The number of amides is 1. The minimum absolute atomic E-state index is 0.00491. The molecule has 0 aliphatic heterocycles. The van der Waals surface area contributed by atoms with E-state index in [9.17, 15) is 14.4 Å². The molecule has 1 aromatic heterocycles. The molecule has 9 heteroatoms. The van der Waals surface area contributed by atoms with Gasteiger partial charge in [-0.2, -0.15) is 0 Å². The number of ketones is 1. The highest BCUT2D eigenvalue weighted by Crippen LogP contribution is 2.24. The lowest BCUT2D eigenvalue weighted by Crippen LogP contribution is -2.43. The van der Waals surface area contributed by atoms with E-state index < -0.39 is 17.8 Å². The average molecular weight is 381 g/mol. The largest absolute Gasteiger partial charge is 0.481 e. The van der Waals surface area contributed by atoms with E-state index in [1.54, 1.807) is 6.08 Å². The van der Waals surface area contributed by atoms with Crippen LogP contribution in [0.2, 0.25) is 0 Å². The molecule has 1 amide bonds. The molecule has 0 aromatic carbocycles. The Kier molecular flexibility index (Phi) is 7.38. The van der Waals surface area contributed by atoms with Crippen LogP contribution in [-0.4, -0.2) is 44.8 Å². The Morgan fingerprint density at radius 1 is 1.27 bits per heavy atom. The smallest absolute Gasteiger partial charge is 0.314 e. The molecule has 142 valence electrons. The quantitative estimate of drug-likeness (QED) is 0.400. The van der Waals surface area contributed by atoms with Gasteiger partial charge in [-0.3, -0.25) is 14.4 Å². The molecule has 1 aliphatic rings. The van der Waals surface area contributed by atoms with E-state index in [2.05, 4.69) is 15.5 Å². The maximum Gasteiger partial charge on any atom is 0.314 e. The topological polar surface area (TPSA) is 122 Å². The Balaban J connectivity index is 2.07. The van der Waals surface area contributed by atoms with Crippen LogP contribution in [0.4, 0.5) is 0 Å². The molecule has 1 aromatic rings. The number of allylic oxidation sites excluding steroid dienone is 1. The highest BCUT2D eigenvalue weighted by Gasteiger charge is 2.29. The zero-order valence-corrected chi connectivity index (χ0v) is 15.7. The number of carboxylic acids is 1. The van der Waals surface area contributed by atoms with Crippen molar-refractivity contribution in [2.45, 2.75) is 57.2 Å². The minimum Gasteiger partial charge on any atom is -0.481 e. The van der Waals surface area contributed by atoms with E-state index in [1.165, 1.54) is 0 Å². The molecular formula is C17H23N3O5S. The molecule has 1 fully saturated rings. The summed E-state index contributed by atoms with van der Waals surface area (Å²) in [6.07, 6.45) is 6.49. The van der Waals surface area contributed by atoms with Gasteiger partial charge in [0, 0.05) is 5.92 Å². The van der Waals surface area contributed by atoms with Crippen molar-refractivity contribution in [1.82, 2.24) is 15.5 Å². The van der Waals surface area contributed by atoms with E-state index in [0.29, 0.717) is 0 Å². The molecule has 0 bridgehead atoms. The standard InChI is InChI=1S/C17H23N3O5S/c1-10(2)8-12(18-15(24)11-6-4-3-5-7-11)14(23)16-19-20-17(25-16)26-9-13(21)22/h8,11-12H,3-7,9H2,1-2H3,(H,18,24)(H,21,22)/t12-/m0/s1. The van der Waals surface area contributed by atoms with Gasteiger partial charge in [-0.15, -0.1) is 10.2 Å². The summed E-state index contributed by atoms with van der Waals surface area (Å²) in [5.41, 5.74) is 0.868. The first-order valence-electron chi connectivity index (χ1n) is 8.54. The molecule has 0 radical (unpaired) electrons. The van der Waals surface area contributed by atoms with Gasteiger partial charge in [-0.25, -0.2) is 0 Å². The van der Waals surface area contributed by atoms with Gasteiger partial charge in [0.15, 0.2) is 0 Å². The first-order chi connectivity index (χ1) is 12.4. The minimum atomic E-state index is -1.02. The first-order valence-corrected chi connectivity index (χ1v) is 9.53. The first kappa shape index (κ1) is 20.2. The number of nitrogens with one attached hydrogen (secondary N) is 1.